The van der Waals surface area contributed by atoms with E-state index >= 15 is 0 Å². The van der Waals surface area contributed by atoms with E-state index in [1.54, 1.807) is 14.2 Å². The fourth-order valence-electron chi connectivity index (χ4n) is 2.44. The number of aromatic hydroxyl groups is 1. The van der Waals surface area contributed by atoms with Crippen molar-refractivity contribution in [2.45, 2.75) is 13.0 Å². The van der Waals surface area contributed by atoms with E-state index in [0.717, 1.165) is 31.7 Å². The van der Waals surface area contributed by atoms with Crippen LogP contribution in [0, 0.1) is 0 Å². The summed E-state index contributed by atoms with van der Waals surface area (Å²) in [5.74, 6) is 0.967. The highest BCUT2D eigenvalue weighted by atomic mass is 16.5. The monoisotopic (exact) mass is 266 g/mol. The minimum atomic E-state index is 0.0567. The molecule has 0 saturated carbocycles. The first-order chi connectivity index (χ1) is 9.17. The summed E-state index contributed by atoms with van der Waals surface area (Å²) >= 11 is 0. The summed E-state index contributed by atoms with van der Waals surface area (Å²) in [6, 6.07) is 4.03. The number of phenols is 1. The molecule has 1 aromatic rings. The molecule has 0 amide bonds. The van der Waals surface area contributed by atoms with Crippen molar-refractivity contribution in [3.05, 3.63) is 17.7 Å². The summed E-state index contributed by atoms with van der Waals surface area (Å²) in [4.78, 5) is 2.40. The van der Waals surface area contributed by atoms with Crippen LogP contribution in [0.15, 0.2) is 12.1 Å². The summed E-state index contributed by atoms with van der Waals surface area (Å²) in [5.41, 5.74) is 1.09. The Morgan fingerprint density at radius 1 is 1.16 bits per heavy atom. The van der Waals surface area contributed by atoms with E-state index in [9.17, 15) is 5.11 Å². The Bertz CT molecular complexity index is 406. The van der Waals surface area contributed by atoms with Gasteiger partial charge in [-0.05, 0) is 24.6 Å². The van der Waals surface area contributed by atoms with Crippen LogP contribution in [0.1, 0.15) is 18.5 Å². The first kappa shape index (κ1) is 14.0. The number of ether oxygens (including phenoxy) is 2. The fraction of sp³-hybridized carbons (Fsp3) is 0.571. The summed E-state index contributed by atoms with van der Waals surface area (Å²) < 4.78 is 10.4. The average molecular weight is 266 g/mol. The SMILES string of the molecule is COc1cc([C@H](C)N2CCNCC2)cc(OC)c1O. The predicted octanol–water partition coefficient (Wildman–Crippen LogP) is 1.38. The van der Waals surface area contributed by atoms with Crippen LogP contribution in [0.5, 0.6) is 17.2 Å². The van der Waals surface area contributed by atoms with E-state index < -0.39 is 0 Å². The minimum absolute atomic E-state index is 0.0567. The second-order valence-electron chi connectivity index (χ2n) is 4.74. The summed E-state index contributed by atoms with van der Waals surface area (Å²) in [7, 11) is 3.10. The van der Waals surface area contributed by atoms with Crippen molar-refractivity contribution in [2.75, 3.05) is 40.4 Å². The van der Waals surface area contributed by atoms with Crippen molar-refractivity contribution in [1.29, 1.82) is 0 Å². The van der Waals surface area contributed by atoms with Gasteiger partial charge in [-0.25, -0.2) is 0 Å². The molecule has 2 N–H and O–H groups in total. The lowest BCUT2D eigenvalue weighted by Crippen LogP contribution is -2.44. The number of rotatable bonds is 4. The van der Waals surface area contributed by atoms with Gasteiger partial charge in [-0.15, -0.1) is 0 Å². The largest absolute Gasteiger partial charge is 0.502 e. The molecule has 1 heterocycles. The van der Waals surface area contributed by atoms with E-state index in [-0.39, 0.29) is 11.8 Å². The van der Waals surface area contributed by atoms with Gasteiger partial charge in [0.2, 0.25) is 5.75 Å². The zero-order chi connectivity index (χ0) is 13.8. The van der Waals surface area contributed by atoms with E-state index in [4.69, 9.17) is 9.47 Å². The van der Waals surface area contributed by atoms with Crippen LogP contribution < -0.4 is 14.8 Å². The second-order valence-corrected chi connectivity index (χ2v) is 4.74. The van der Waals surface area contributed by atoms with E-state index in [1.807, 2.05) is 12.1 Å². The van der Waals surface area contributed by atoms with Gasteiger partial charge in [0, 0.05) is 32.2 Å². The van der Waals surface area contributed by atoms with Crippen molar-refractivity contribution in [3.8, 4) is 17.2 Å². The molecule has 0 unspecified atom stereocenters. The van der Waals surface area contributed by atoms with Crippen LogP contribution in [-0.2, 0) is 0 Å². The molecule has 1 aliphatic rings. The van der Waals surface area contributed by atoms with E-state index in [1.165, 1.54) is 0 Å². The molecular weight excluding hydrogens is 244 g/mol. The molecule has 106 valence electrons. The number of methoxy groups -OCH3 is 2. The summed E-state index contributed by atoms with van der Waals surface area (Å²) in [5, 5.41) is 13.3. The van der Waals surface area contributed by atoms with Gasteiger partial charge in [0.25, 0.3) is 0 Å². The van der Waals surface area contributed by atoms with Gasteiger partial charge >= 0.3 is 0 Å². The highest BCUT2D eigenvalue weighted by Crippen LogP contribution is 2.39. The van der Waals surface area contributed by atoms with Crippen molar-refractivity contribution in [1.82, 2.24) is 10.2 Å². The van der Waals surface area contributed by atoms with E-state index in [0.29, 0.717) is 11.5 Å². The van der Waals surface area contributed by atoms with Gasteiger partial charge in [0.05, 0.1) is 14.2 Å². The number of piperazine rings is 1. The van der Waals surface area contributed by atoms with Crippen LogP contribution in [-0.4, -0.2) is 50.4 Å². The Morgan fingerprint density at radius 2 is 1.68 bits per heavy atom. The van der Waals surface area contributed by atoms with E-state index in [2.05, 4.69) is 17.1 Å². The molecule has 1 atom stereocenters. The van der Waals surface area contributed by atoms with Gasteiger partial charge in [-0.3, -0.25) is 4.90 Å². The number of hydrogen-bond acceptors (Lipinski definition) is 5. The molecule has 0 bridgehead atoms. The Balaban J connectivity index is 2.27. The maximum Gasteiger partial charge on any atom is 0.200 e. The molecule has 1 fully saturated rings. The Kier molecular flexibility index (Phi) is 4.50. The molecule has 1 aliphatic heterocycles. The topological polar surface area (TPSA) is 54.0 Å². The Hall–Kier alpha value is -1.46. The Morgan fingerprint density at radius 3 is 2.16 bits per heavy atom. The lowest BCUT2D eigenvalue weighted by atomic mass is 10.0. The average Bonchev–Trinajstić information content (AvgIpc) is 2.47. The maximum atomic E-state index is 9.93. The lowest BCUT2D eigenvalue weighted by Gasteiger charge is -2.33. The summed E-state index contributed by atoms with van der Waals surface area (Å²) in [6.45, 7) is 6.23. The van der Waals surface area contributed by atoms with Crippen LogP contribution in [0.2, 0.25) is 0 Å². The zero-order valence-corrected chi connectivity index (χ0v) is 11.8. The second kappa shape index (κ2) is 6.12. The van der Waals surface area contributed by atoms with Gasteiger partial charge in [-0.2, -0.15) is 0 Å². The third-order valence-electron chi connectivity index (χ3n) is 3.68. The van der Waals surface area contributed by atoms with Crippen LogP contribution in [0.4, 0.5) is 0 Å². The molecule has 0 aliphatic carbocycles. The van der Waals surface area contributed by atoms with Crippen molar-refractivity contribution < 1.29 is 14.6 Å². The molecule has 0 aromatic heterocycles. The van der Waals surface area contributed by atoms with Crippen molar-refractivity contribution >= 4 is 0 Å². The number of benzene rings is 1. The number of nitrogens with zero attached hydrogens (tertiary/aromatic N) is 1. The third kappa shape index (κ3) is 2.93. The third-order valence-corrected chi connectivity index (χ3v) is 3.68. The molecular formula is C14H22N2O3. The maximum absolute atomic E-state index is 9.93. The van der Waals surface area contributed by atoms with Gasteiger partial charge in [0.1, 0.15) is 0 Å². The van der Waals surface area contributed by atoms with Crippen LogP contribution in [0.3, 0.4) is 0 Å². The smallest absolute Gasteiger partial charge is 0.200 e. The molecule has 0 radical (unpaired) electrons. The molecule has 5 heteroatoms. The molecule has 1 aromatic carbocycles. The lowest BCUT2D eigenvalue weighted by molar-refractivity contribution is 0.185. The first-order valence-electron chi connectivity index (χ1n) is 6.57. The van der Waals surface area contributed by atoms with Gasteiger partial charge in [-0.1, -0.05) is 0 Å². The quantitative estimate of drug-likeness (QED) is 0.862. The van der Waals surface area contributed by atoms with Gasteiger partial charge in [0.15, 0.2) is 11.5 Å². The standard InChI is InChI=1S/C14H22N2O3/c1-10(16-6-4-15-5-7-16)11-8-12(18-2)14(17)13(9-11)19-3/h8-10,15,17H,4-7H2,1-3H3/t10-/m0/s1. The number of hydrogen-bond donors (Lipinski definition) is 2. The highest BCUT2D eigenvalue weighted by Gasteiger charge is 2.21. The molecule has 5 nitrogen and oxygen atoms in total. The fourth-order valence-corrected chi connectivity index (χ4v) is 2.44. The summed E-state index contributed by atoms with van der Waals surface area (Å²) in [6.07, 6.45) is 0. The van der Waals surface area contributed by atoms with Crippen molar-refractivity contribution in [3.63, 3.8) is 0 Å². The zero-order valence-electron chi connectivity index (χ0n) is 11.8. The normalized spacial score (nSPS) is 18.1. The highest BCUT2D eigenvalue weighted by molar-refractivity contribution is 5.53. The Labute approximate surface area is 114 Å². The van der Waals surface area contributed by atoms with Crippen molar-refractivity contribution in [2.24, 2.45) is 0 Å². The van der Waals surface area contributed by atoms with Crippen LogP contribution >= 0.6 is 0 Å². The molecule has 1 saturated heterocycles. The predicted molar refractivity (Wildman–Crippen MR) is 74.1 cm³/mol. The van der Waals surface area contributed by atoms with Crippen LogP contribution in [0.25, 0.3) is 0 Å². The molecule has 0 spiro atoms. The van der Waals surface area contributed by atoms with Gasteiger partial charge < -0.3 is 19.9 Å². The first-order valence-corrected chi connectivity index (χ1v) is 6.57. The number of phenolic OH excluding ortho intramolecular Hbond substituents is 1. The minimum Gasteiger partial charge on any atom is -0.502 e. The molecule has 2 rings (SSSR count). The molecule has 19 heavy (non-hydrogen) atoms. The number of nitrogens with one attached hydrogen (secondary N) is 1.